The molecule has 108 valence electrons. The van der Waals surface area contributed by atoms with E-state index in [2.05, 4.69) is 65.1 Å². The molecule has 2 heteroatoms. The first-order chi connectivity index (χ1) is 8.79. The van der Waals surface area contributed by atoms with E-state index in [0.29, 0.717) is 5.92 Å². The Kier molecular flexibility index (Phi) is 5.86. The Balaban J connectivity index is 2.46. The minimum Gasteiger partial charge on any atom is -0.493 e. The second kappa shape index (κ2) is 6.95. The molecule has 0 aromatic heterocycles. The van der Waals surface area contributed by atoms with Crippen LogP contribution in [0.1, 0.15) is 58.1 Å². The lowest BCUT2D eigenvalue weighted by molar-refractivity contribution is 0.294. The molecule has 1 rings (SSSR count). The molecule has 0 atom stereocenters. The SMILES string of the molecule is Cc1ccc(C(C)C)c(OCCCNC(C)(C)C)c1. The molecule has 0 heterocycles. The largest absolute Gasteiger partial charge is 0.493 e. The maximum Gasteiger partial charge on any atom is 0.122 e. The monoisotopic (exact) mass is 263 g/mol. The maximum absolute atomic E-state index is 5.95. The van der Waals surface area contributed by atoms with Gasteiger partial charge in [0.2, 0.25) is 0 Å². The quantitative estimate of drug-likeness (QED) is 0.774. The number of rotatable bonds is 6. The van der Waals surface area contributed by atoms with Crippen LogP contribution in [0.3, 0.4) is 0 Å². The van der Waals surface area contributed by atoms with E-state index in [1.165, 1.54) is 11.1 Å². The first-order valence-corrected chi connectivity index (χ1v) is 7.28. The molecule has 0 spiro atoms. The van der Waals surface area contributed by atoms with Crippen molar-refractivity contribution in [3.8, 4) is 5.75 Å². The highest BCUT2D eigenvalue weighted by Gasteiger charge is 2.09. The van der Waals surface area contributed by atoms with Crippen LogP contribution < -0.4 is 10.1 Å². The first kappa shape index (κ1) is 16.0. The van der Waals surface area contributed by atoms with Gasteiger partial charge in [-0.15, -0.1) is 0 Å². The van der Waals surface area contributed by atoms with Crippen LogP contribution in [0.25, 0.3) is 0 Å². The van der Waals surface area contributed by atoms with Gasteiger partial charge in [0.15, 0.2) is 0 Å². The third-order valence-electron chi connectivity index (χ3n) is 3.03. The van der Waals surface area contributed by atoms with Crippen LogP contribution in [-0.2, 0) is 0 Å². The van der Waals surface area contributed by atoms with Crippen LogP contribution in [0, 0.1) is 6.92 Å². The Labute approximate surface area is 118 Å². The van der Waals surface area contributed by atoms with Crippen molar-refractivity contribution in [2.75, 3.05) is 13.2 Å². The topological polar surface area (TPSA) is 21.3 Å². The highest BCUT2D eigenvalue weighted by atomic mass is 16.5. The van der Waals surface area contributed by atoms with Crippen LogP contribution in [0.5, 0.6) is 5.75 Å². The van der Waals surface area contributed by atoms with E-state index in [0.717, 1.165) is 25.3 Å². The fraction of sp³-hybridized carbons (Fsp3) is 0.647. The van der Waals surface area contributed by atoms with Crippen molar-refractivity contribution in [2.45, 2.75) is 59.4 Å². The number of hydrogen-bond donors (Lipinski definition) is 1. The second-order valence-corrected chi connectivity index (χ2v) is 6.57. The molecule has 2 nitrogen and oxygen atoms in total. The van der Waals surface area contributed by atoms with E-state index in [4.69, 9.17) is 4.74 Å². The fourth-order valence-electron chi connectivity index (χ4n) is 1.96. The molecular formula is C17H29NO. The molecule has 0 aliphatic carbocycles. The number of aryl methyl sites for hydroxylation is 1. The molecule has 0 aliphatic rings. The van der Waals surface area contributed by atoms with Gasteiger partial charge in [-0.25, -0.2) is 0 Å². The maximum atomic E-state index is 5.95. The van der Waals surface area contributed by atoms with Gasteiger partial charge in [0, 0.05) is 5.54 Å². The zero-order valence-corrected chi connectivity index (χ0v) is 13.3. The second-order valence-electron chi connectivity index (χ2n) is 6.57. The van der Waals surface area contributed by atoms with E-state index >= 15 is 0 Å². The number of benzene rings is 1. The molecule has 1 aromatic carbocycles. The average Bonchev–Trinajstić information content (AvgIpc) is 2.26. The van der Waals surface area contributed by atoms with Crippen molar-refractivity contribution in [3.63, 3.8) is 0 Å². The summed E-state index contributed by atoms with van der Waals surface area (Å²) >= 11 is 0. The molecule has 0 radical (unpaired) electrons. The molecule has 1 aromatic rings. The summed E-state index contributed by atoms with van der Waals surface area (Å²) in [6, 6.07) is 6.48. The Morgan fingerprint density at radius 2 is 1.89 bits per heavy atom. The summed E-state index contributed by atoms with van der Waals surface area (Å²) in [7, 11) is 0. The molecule has 0 fully saturated rings. The summed E-state index contributed by atoms with van der Waals surface area (Å²) in [5.41, 5.74) is 2.74. The third-order valence-corrected chi connectivity index (χ3v) is 3.03. The van der Waals surface area contributed by atoms with Crippen molar-refractivity contribution < 1.29 is 4.74 Å². The molecule has 0 saturated heterocycles. The zero-order valence-electron chi connectivity index (χ0n) is 13.3. The Bertz CT molecular complexity index is 391. The van der Waals surface area contributed by atoms with E-state index in [-0.39, 0.29) is 5.54 Å². The van der Waals surface area contributed by atoms with Gasteiger partial charge in [-0.3, -0.25) is 0 Å². The molecule has 19 heavy (non-hydrogen) atoms. The zero-order chi connectivity index (χ0) is 14.5. The average molecular weight is 263 g/mol. The van der Waals surface area contributed by atoms with Crippen molar-refractivity contribution in [3.05, 3.63) is 29.3 Å². The van der Waals surface area contributed by atoms with Gasteiger partial charge < -0.3 is 10.1 Å². The van der Waals surface area contributed by atoms with Gasteiger partial charge >= 0.3 is 0 Å². The lowest BCUT2D eigenvalue weighted by atomic mass is 10.0. The Morgan fingerprint density at radius 1 is 1.21 bits per heavy atom. The van der Waals surface area contributed by atoms with Gasteiger partial charge in [0.1, 0.15) is 5.75 Å². The summed E-state index contributed by atoms with van der Waals surface area (Å²) in [4.78, 5) is 0. The highest BCUT2D eigenvalue weighted by molar-refractivity contribution is 5.39. The number of hydrogen-bond acceptors (Lipinski definition) is 2. The van der Waals surface area contributed by atoms with E-state index in [1.807, 2.05) is 0 Å². The standard InChI is InChI=1S/C17H29NO/c1-13(2)15-9-8-14(3)12-16(15)19-11-7-10-18-17(4,5)6/h8-9,12-13,18H,7,10-11H2,1-6H3. The number of nitrogens with one attached hydrogen (secondary N) is 1. The van der Waals surface area contributed by atoms with Gasteiger partial charge in [-0.05, 0) is 63.8 Å². The summed E-state index contributed by atoms with van der Waals surface area (Å²) in [5, 5.41) is 3.48. The summed E-state index contributed by atoms with van der Waals surface area (Å²) in [6.45, 7) is 14.8. The molecule has 0 unspecified atom stereocenters. The molecule has 1 N–H and O–H groups in total. The predicted molar refractivity (Wildman–Crippen MR) is 83.1 cm³/mol. The third kappa shape index (κ3) is 6.11. The smallest absolute Gasteiger partial charge is 0.122 e. The lowest BCUT2D eigenvalue weighted by Gasteiger charge is -2.20. The summed E-state index contributed by atoms with van der Waals surface area (Å²) in [5.74, 6) is 1.55. The van der Waals surface area contributed by atoms with Crippen LogP contribution in [0.2, 0.25) is 0 Å². The normalized spacial score (nSPS) is 11.9. The minimum atomic E-state index is 0.187. The predicted octanol–water partition coefficient (Wildman–Crippen LogP) is 4.28. The van der Waals surface area contributed by atoms with Crippen LogP contribution in [0.4, 0.5) is 0 Å². The van der Waals surface area contributed by atoms with Crippen LogP contribution in [-0.4, -0.2) is 18.7 Å². The van der Waals surface area contributed by atoms with Gasteiger partial charge in [-0.2, -0.15) is 0 Å². The summed E-state index contributed by atoms with van der Waals surface area (Å²) < 4.78 is 5.95. The number of ether oxygens (including phenoxy) is 1. The van der Waals surface area contributed by atoms with Crippen molar-refractivity contribution in [1.29, 1.82) is 0 Å². The summed E-state index contributed by atoms with van der Waals surface area (Å²) in [6.07, 6.45) is 1.03. The van der Waals surface area contributed by atoms with Crippen molar-refractivity contribution in [1.82, 2.24) is 5.32 Å². The highest BCUT2D eigenvalue weighted by Crippen LogP contribution is 2.27. The molecule has 0 saturated carbocycles. The van der Waals surface area contributed by atoms with Crippen LogP contribution >= 0.6 is 0 Å². The van der Waals surface area contributed by atoms with E-state index in [1.54, 1.807) is 0 Å². The molecule has 0 aliphatic heterocycles. The van der Waals surface area contributed by atoms with E-state index in [9.17, 15) is 0 Å². The first-order valence-electron chi connectivity index (χ1n) is 7.28. The lowest BCUT2D eigenvalue weighted by Crippen LogP contribution is -2.36. The fourth-order valence-corrected chi connectivity index (χ4v) is 1.96. The van der Waals surface area contributed by atoms with Gasteiger partial charge in [-0.1, -0.05) is 26.0 Å². The Hall–Kier alpha value is -1.02. The minimum absolute atomic E-state index is 0.187. The molecule has 0 bridgehead atoms. The van der Waals surface area contributed by atoms with E-state index < -0.39 is 0 Å². The molecule has 0 amide bonds. The van der Waals surface area contributed by atoms with Crippen molar-refractivity contribution in [2.24, 2.45) is 0 Å². The van der Waals surface area contributed by atoms with Gasteiger partial charge in [0.25, 0.3) is 0 Å². The van der Waals surface area contributed by atoms with Crippen LogP contribution in [0.15, 0.2) is 18.2 Å². The van der Waals surface area contributed by atoms with Gasteiger partial charge in [0.05, 0.1) is 6.61 Å². The Morgan fingerprint density at radius 3 is 2.47 bits per heavy atom. The molecular weight excluding hydrogens is 234 g/mol. The van der Waals surface area contributed by atoms with Crippen molar-refractivity contribution >= 4 is 0 Å².